The molecule has 0 saturated heterocycles. The minimum atomic E-state index is -1.03. The molecule has 0 aliphatic heterocycles. The minimum Gasteiger partial charge on any atom is -0.496 e. The second-order valence-corrected chi connectivity index (χ2v) is 6.39. The van der Waals surface area contributed by atoms with Crippen LogP contribution in [0.2, 0.25) is 0 Å². The van der Waals surface area contributed by atoms with Crippen molar-refractivity contribution in [1.82, 2.24) is 0 Å². The normalized spacial score (nSPS) is 13.6. The Morgan fingerprint density at radius 1 is 1.11 bits per heavy atom. The summed E-state index contributed by atoms with van der Waals surface area (Å²) >= 11 is 0. The number of Topliss-reactive ketones (excluding diaryl/α,β-unsaturated/α-hetero) is 1. The third-order valence-electron chi connectivity index (χ3n) is 4.65. The minimum absolute atomic E-state index is 0.0969. The molecule has 3 rings (SSSR count). The van der Waals surface area contributed by atoms with Crippen LogP contribution in [0.4, 0.5) is 5.69 Å². The fourth-order valence-electron chi connectivity index (χ4n) is 3.21. The van der Waals surface area contributed by atoms with E-state index in [1.807, 2.05) is 12.1 Å². The van der Waals surface area contributed by atoms with E-state index in [2.05, 4.69) is 0 Å². The molecule has 0 N–H and O–H groups in total. The second-order valence-electron chi connectivity index (χ2n) is 6.39. The molecule has 0 unspecified atom stereocenters. The van der Waals surface area contributed by atoms with Crippen LogP contribution < -0.4 is 4.74 Å². The van der Waals surface area contributed by atoms with Gasteiger partial charge in [0.2, 0.25) is 5.78 Å². The molecule has 140 valence electrons. The molecule has 0 spiro atoms. The van der Waals surface area contributed by atoms with Gasteiger partial charge >= 0.3 is 5.97 Å². The summed E-state index contributed by atoms with van der Waals surface area (Å²) in [5, 5.41) is 10.9. The molecule has 2 aromatic rings. The highest BCUT2D eigenvalue weighted by Gasteiger charge is 2.25. The molecule has 0 bridgehead atoms. The van der Waals surface area contributed by atoms with Crippen LogP contribution in [0.3, 0.4) is 0 Å². The largest absolute Gasteiger partial charge is 0.496 e. The van der Waals surface area contributed by atoms with Crippen LogP contribution in [0.25, 0.3) is 0 Å². The van der Waals surface area contributed by atoms with Crippen LogP contribution in [0.15, 0.2) is 36.4 Å². The lowest BCUT2D eigenvalue weighted by Gasteiger charge is -2.14. The van der Waals surface area contributed by atoms with Crippen molar-refractivity contribution >= 4 is 17.4 Å². The van der Waals surface area contributed by atoms with Gasteiger partial charge in [-0.15, -0.1) is 0 Å². The zero-order chi connectivity index (χ0) is 19.6. The SMILES string of the molecule is COc1ccc([N+](=O)[O-])cc1C(=O)O[C@@H](C)C(=O)c1ccc2c(c1)CCC2. The number of rotatable bonds is 6. The molecule has 1 aliphatic carbocycles. The molecule has 0 fully saturated rings. The number of ketones is 1. The van der Waals surface area contributed by atoms with Gasteiger partial charge in [0.05, 0.1) is 12.0 Å². The lowest BCUT2D eigenvalue weighted by molar-refractivity contribution is -0.384. The van der Waals surface area contributed by atoms with Gasteiger partial charge in [0.1, 0.15) is 11.3 Å². The van der Waals surface area contributed by atoms with Crippen LogP contribution in [0.1, 0.15) is 45.2 Å². The predicted molar refractivity (Wildman–Crippen MR) is 97.3 cm³/mol. The molecular formula is C20H19NO6. The Kier molecular flexibility index (Phi) is 5.21. The molecule has 1 atom stereocenters. The average Bonchev–Trinajstić information content (AvgIpc) is 3.14. The van der Waals surface area contributed by atoms with Crippen LogP contribution in [-0.2, 0) is 17.6 Å². The van der Waals surface area contributed by atoms with Crippen LogP contribution >= 0.6 is 0 Å². The Morgan fingerprint density at radius 2 is 1.85 bits per heavy atom. The zero-order valence-electron chi connectivity index (χ0n) is 15.1. The molecule has 7 nitrogen and oxygen atoms in total. The highest BCUT2D eigenvalue weighted by molar-refractivity contribution is 6.02. The summed E-state index contributed by atoms with van der Waals surface area (Å²) in [6.45, 7) is 1.48. The van der Waals surface area contributed by atoms with E-state index in [9.17, 15) is 19.7 Å². The topological polar surface area (TPSA) is 95.7 Å². The number of aryl methyl sites for hydroxylation is 2. The van der Waals surface area contributed by atoms with Gasteiger partial charge in [-0.3, -0.25) is 14.9 Å². The molecule has 0 saturated carbocycles. The highest BCUT2D eigenvalue weighted by atomic mass is 16.6. The fraction of sp³-hybridized carbons (Fsp3) is 0.300. The van der Waals surface area contributed by atoms with Gasteiger partial charge in [-0.2, -0.15) is 0 Å². The summed E-state index contributed by atoms with van der Waals surface area (Å²) in [5.41, 5.74) is 2.53. The van der Waals surface area contributed by atoms with Crippen molar-refractivity contribution < 1.29 is 24.0 Å². The number of benzene rings is 2. The molecule has 27 heavy (non-hydrogen) atoms. The van der Waals surface area contributed by atoms with Crippen molar-refractivity contribution in [1.29, 1.82) is 0 Å². The highest BCUT2D eigenvalue weighted by Crippen LogP contribution is 2.26. The Balaban J connectivity index is 1.78. The summed E-state index contributed by atoms with van der Waals surface area (Å²) in [4.78, 5) is 35.4. The third kappa shape index (κ3) is 3.81. The first-order chi connectivity index (χ1) is 12.9. The molecular weight excluding hydrogens is 350 g/mol. The number of carbonyl (C=O) groups is 2. The summed E-state index contributed by atoms with van der Waals surface area (Å²) in [7, 11) is 1.34. The van der Waals surface area contributed by atoms with Crippen molar-refractivity contribution in [2.24, 2.45) is 0 Å². The molecule has 7 heteroatoms. The number of methoxy groups -OCH3 is 1. The maximum Gasteiger partial charge on any atom is 0.342 e. The molecule has 0 radical (unpaired) electrons. The quantitative estimate of drug-likeness (QED) is 0.335. The number of fused-ring (bicyclic) bond motifs is 1. The van der Waals surface area contributed by atoms with Crippen LogP contribution in [0.5, 0.6) is 5.75 Å². The standard InChI is InChI=1S/C20H19NO6/c1-12(19(22)15-7-6-13-4-3-5-14(13)10-15)27-20(23)17-11-16(21(24)25)8-9-18(17)26-2/h6-12H,3-5H2,1-2H3/t12-/m0/s1. The number of hydrogen-bond donors (Lipinski definition) is 0. The summed E-state index contributed by atoms with van der Waals surface area (Å²) < 4.78 is 10.3. The Morgan fingerprint density at radius 3 is 2.56 bits per heavy atom. The number of nitrogens with zero attached hydrogens (tertiary/aromatic N) is 1. The maximum atomic E-state index is 12.6. The number of non-ortho nitro benzene ring substituents is 1. The van der Waals surface area contributed by atoms with E-state index in [-0.39, 0.29) is 22.8 Å². The summed E-state index contributed by atoms with van der Waals surface area (Å²) in [6.07, 6.45) is 2.00. The Hall–Kier alpha value is -3.22. The lowest BCUT2D eigenvalue weighted by atomic mass is 10.0. The average molecular weight is 369 g/mol. The Bertz CT molecular complexity index is 921. The summed E-state index contributed by atoms with van der Waals surface area (Å²) in [6, 6.07) is 9.16. The van der Waals surface area contributed by atoms with E-state index in [4.69, 9.17) is 9.47 Å². The van der Waals surface area contributed by atoms with Gasteiger partial charge in [0, 0.05) is 17.7 Å². The molecule has 0 aromatic heterocycles. The summed E-state index contributed by atoms with van der Waals surface area (Å²) in [5.74, 6) is -1.03. The van der Waals surface area contributed by atoms with Gasteiger partial charge in [-0.25, -0.2) is 4.79 Å². The fourth-order valence-corrected chi connectivity index (χ4v) is 3.21. The van der Waals surface area contributed by atoms with Gasteiger partial charge in [-0.1, -0.05) is 12.1 Å². The molecule has 2 aromatic carbocycles. The predicted octanol–water partition coefficient (Wildman–Crippen LogP) is 3.52. The maximum absolute atomic E-state index is 12.6. The zero-order valence-corrected chi connectivity index (χ0v) is 15.1. The van der Waals surface area contributed by atoms with Gasteiger partial charge in [0.25, 0.3) is 5.69 Å². The van der Waals surface area contributed by atoms with E-state index in [0.29, 0.717) is 5.56 Å². The number of esters is 1. The molecule has 0 amide bonds. The number of hydrogen-bond acceptors (Lipinski definition) is 6. The van der Waals surface area contributed by atoms with E-state index in [1.165, 1.54) is 31.7 Å². The van der Waals surface area contributed by atoms with E-state index < -0.39 is 17.0 Å². The Labute approximate surface area is 156 Å². The van der Waals surface area contributed by atoms with Crippen molar-refractivity contribution in [3.63, 3.8) is 0 Å². The van der Waals surface area contributed by atoms with Crippen molar-refractivity contribution in [2.75, 3.05) is 7.11 Å². The number of ether oxygens (including phenoxy) is 2. The smallest absolute Gasteiger partial charge is 0.342 e. The number of carbonyl (C=O) groups excluding carboxylic acids is 2. The van der Waals surface area contributed by atoms with Crippen molar-refractivity contribution in [3.05, 3.63) is 68.8 Å². The first kappa shape index (κ1) is 18.6. The number of nitro benzene ring substituents is 1. The first-order valence-corrected chi connectivity index (χ1v) is 8.60. The second kappa shape index (κ2) is 7.57. The van der Waals surface area contributed by atoms with Gasteiger partial charge < -0.3 is 9.47 Å². The number of nitro groups is 1. The van der Waals surface area contributed by atoms with Crippen LogP contribution in [-0.4, -0.2) is 29.9 Å². The first-order valence-electron chi connectivity index (χ1n) is 8.60. The molecule has 0 heterocycles. The van der Waals surface area contributed by atoms with E-state index in [1.54, 1.807) is 6.07 Å². The van der Waals surface area contributed by atoms with Gasteiger partial charge in [-0.05, 0) is 49.4 Å². The van der Waals surface area contributed by atoms with E-state index >= 15 is 0 Å². The van der Waals surface area contributed by atoms with Crippen LogP contribution in [0, 0.1) is 10.1 Å². The lowest BCUT2D eigenvalue weighted by Crippen LogP contribution is -2.25. The monoisotopic (exact) mass is 369 g/mol. The van der Waals surface area contributed by atoms with E-state index in [0.717, 1.165) is 30.9 Å². The molecule has 1 aliphatic rings. The van der Waals surface area contributed by atoms with Crippen molar-refractivity contribution in [2.45, 2.75) is 32.3 Å². The third-order valence-corrected chi connectivity index (χ3v) is 4.65. The van der Waals surface area contributed by atoms with Crippen molar-refractivity contribution in [3.8, 4) is 5.75 Å². The van der Waals surface area contributed by atoms with Gasteiger partial charge in [0.15, 0.2) is 6.10 Å².